The molecule has 2 aromatic rings. The van der Waals surface area contributed by atoms with E-state index in [2.05, 4.69) is 38.8 Å². The first-order valence-corrected chi connectivity index (χ1v) is 8.32. The van der Waals surface area contributed by atoms with Crippen molar-refractivity contribution in [2.24, 2.45) is 0 Å². The number of fused-ring (bicyclic) bond motifs is 1. The Bertz CT molecular complexity index is 600. The van der Waals surface area contributed by atoms with Crippen molar-refractivity contribution in [2.45, 2.75) is 51.2 Å². The molecule has 0 bridgehead atoms. The van der Waals surface area contributed by atoms with Gasteiger partial charge in [-0.25, -0.2) is 4.68 Å². The van der Waals surface area contributed by atoms with Gasteiger partial charge in [-0.2, -0.15) is 0 Å². The molecule has 1 aliphatic heterocycles. The van der Waals surface area contributed by atoms with Crippen molar-refractivity contribution >= 4 is 11.3 Å². The Hall–Kier alpha value is -1.27. The molecular formula is C14H19N5S. The normalized spacial score (nSPS) is 22.9. The molecule has 1 unspecified atom stereocenters. The third kappa shape index (κ3) is 2.07. The van der Waals surface area contributed by atoms with Gasteiger partial charge in [0.25, 0.3) is 0 Å². The zero-order valence-electron chi connectivity index (χ0n) is 11.7. The van der Waals surface area contributed by atoms with E-state index in [1.165, 1.54) is 18.4 Å². The molecule has 0 amide bonds. The lowest BCUT2D eigenvalue weighted by Gasteiger charge is -2.34. The number of nitrogens with zero attached hydrogens (tertiary/aromatic N) is 5. The molecule has 4 rings (SSSR count). The van der Waals surface area contributed by atoms with Crippen LogP contribution in [0, 0.1) is 0 Å². The lowest BCUT2D eigenvalue weighted by Crippen LogP contribution is -2.34. The van der Waals surface area contributed by atoms with Crippen molar-refractivity contribution in [3.8, 4) is 0 Å². The van der Waals surface area contributed by atoms with Crippen LogP contribution in [0.3, 0.4) is 0 Å². The zero-order chi connectivity index (χ0) is 13.5. The maximum atomic E-state index is 4.25. The number of tetrazole rings is 1. The third-order valence-electron chi connectivity index (χ3n) is 4.39. The second-order valence-electron chi connectivity index (χ2n) is 5.71. The van der Waals surface area contributed by atoms with Crippen LogP contribution in [-0.4, -0.2) is 31.7 Å². The fourth-order valence-corrected chi connectivity index (χ4v) is 4.14. The van der Waals surface area contributed by atoms with Gasteiger partial charge in [0.15, 0.2) is 5.82 Å². The van der Waals surface area contributed by atoms with Crippen LogP contribution in [0.5, 0.6) is 0 Å². The van der Waals surface area contributed by atoms with Gasteiger partial charge in [0, 0.05) is 17.5 Å². The number of thiophene rings is 1. The Morgan fingerprint density at radius 3 is 3.10 bits per heavy atom. The molecule has 0 saturated heterocycles. The van der Waals surface area contributed by atoms with Crippen molar-refractivity contribution in [2.75, 3.05) is 6.54 Å². The molecule has 2 aliphatic rings. The van der Waals surface area contributed by atoms with Crippen molar-refractivity contribution in [3.63, 3.8) is 0 Å². The summed E-state index contributed by atoms with van der Waals surface area (Å²) in [6.45, 7) is 4.26. The molecule has 1 atom stereocenters. The maximum absolute atomic E-state index is 4.25. The topological polar surface area (TPSA) is 46.8 Å². The summed E-state index contributed by atoms with van der Waals surface area (Å²) in [7, 11) is 0. The largest absolute Gasteiger partial charge is 0.288 e. The van der Waals surface area contributed by atoms with Crippen LogP contribution in [-0.2, 0) is 13.0 Å². The van der Waals surface area contributed by atoms with E-state index in [0.29, 0.717) is 12.1 Å². The average Bonchev–Trinajstić information content (AvgIpc) is 3.01. The molecule has 0 N–H and O–H groups in total. The van der Waals surface area contributed by atoms with E-state index in [1.807, 2.05) is 16.0 Å². The van der Waals surface area contributed by atoms with Crippen molar-refractivity contribution in [3.05, 3.63) is 27.7 Å². The lowest BCUT2D eigenvalue weighted by atomic mass is 9.98. The van der Waals surface area contributed by atoms with Crippen molar-refractivity contribution in [1.29, 1.82) is 0 Å². The molecular weight excluding hydrogens is 270 g/mol. The van der Waals surface area contributed by atoms with Gasteiger partial charge in [-0.1, -0.05) is 6.92 Å². The SMILES string of the molecule is CCC1c2ccsc2CCN1Cc1nnnn1C1CC1. The number of hydrogen-bond acceptors (Lipinski definition) is 5. The predicted octanol–water partition coefficient (Wildman–Crippen LogP) is 2.58. The second-order valence-corrected chi connectivity index (χ2v) is 6.72. The first-order valence-electron chi connectivity index (χ1n) is 7.44. The summed E-state index contributed by atoms with van der Waals surface area (Å²) in [4.78, 5) is 4.11. The summed E-state index contributed by atoms with van der Waals surface area (Å²) >= 11 is 1.90. The molecule has 1 aliphatic carbocycles. The molecule has 106 valence electrons. The van der Waals surface area contributed by atoms with E-state index in [9.17, 15) is 0 Å². The summed E-state index contributed by atoms with van der Waals surface area (Å²) in [6, 6.07) is 3.38. The summed E-state index contributed by atoms with van der Waals surface area (Å²) in [5.41, 5.74) is 1.52. The van der Waals surface area contributed by atoms with E-state index < -0.39 is 0 Å². The molecule has 3 heterocycles. The highest BCUT2D eigenvalue weighted by molar-refractivity contribution is 7.10. The van der Waals surface area contributed by atoms with E-state index >= 15 is 0 Å². The van der Waals surface area contributed by atoms with E-state index in [-0.39, 0.29) is 0 Å². The van der Waals surface area contributed by atoms with Gasteiger partial charge in [-0.15, -0.1) is 16.4 Å². The van der Waals surface area contributed by atoms with E-state index in [1.54, 1.807) is 4.88 Å². The zero-order valence-corrected chi connectivity index (χ0v) is 12.5. The molecule has 5 nitrogen and oxygen atoms in total. The summed E-state index contributed by atoms with van der Waals surface area (Å²) < 4.78 is 2.04. The number of hydrogen-bond donors (Lipinski definition) is 0. The Morgan fingerprint density at radius 2 is 2.30 bits per heavy atom. The average molecular weight is 289 g/mol. The van der Waals surface area contributed by atoms with Crippen LogP contribution >= 0.6 is 11.3 Å². The minimum Gasteiger partial charge on any atom is -0.288 e. The summed E-state index contributed by atoms with van der Waals surface area (Å²) in [5, 5.41) is 14.5. The van der Waals surface area contributed by atoms with Crippen LogP contribution < -0.4 is 0 Å². The van der Waals surface area contributed by atoms with Gasteiger partial charge in [0.2, 0.25) is 0 Å². The summed E-state index contributed by atoms with van der Waals surface area (Å²) in [6.07, 6.45) is 4.76. The lowest BCUT2D eigenvalue weighted by molar-refractivity contribution is 0.165. The van der Waals surface area contributed by atoms with E-state index in [4.69, 9.17) is 0 Å². The fraction of sp³-hybridized carbons (Fsp3) is 0.643. The first-order chi connectivity index (χ1) is 9.86. The van der Waals surface area contributed by atoms with E-state index in [0.717, 1.165) is 31.8 Å². The third-order valence-corrected chi connectivity index (χ3v) is 5.39. The molecule has 1 saturated carbocycles. The predicted molar refractivity (Wildman–Crippen MR) is 77.6 cm³/mol. The minimum absolute atomic E-state index is 0.523. The maximum Gasteiger partial charge on any atom is 0.165 e. The molecule has 2 aromatic heterocycles. The fourth-order valence-electron chi connectivity index (χ4n) is 3.22. The Kier molecular flexibility index (Phi) is 3.07. The highest BCUT2D eigenvalue weighted by Crippen LogP contribution is 2.37. The Labute approximate surface area is 122 Å². The van der Waals surface area contributed by atoms with Crippen LogP contribution in [0.15, 0.2) is 11.4 Å². The molecule has 0 aromatic carbocycles. The quantitative estimate of drug-likeness (QED) is 0.868. The van der Waals surface area contributed by atoms with Crippen LogP contribution in [0.2, 0.25) is 0 Å². The van der Waals surface area contributed by atoms with Crippen molar-refractivity contribution in [1.82, 2.24) is 25.1 Å². The number of rotatable bonds is 4. The smallest absolute Gasteiger partial charge is 0.165 e. The highest BCUT2D eigenvalue weighted by atomic mass is 32.1. The molecule has 0 spiro atoms. The van der Waals surface area contributed by atoms with Crippen molar-refractivity contribution < 1.29 is 0 Å². The molecule has 6 heteroatoms. The van der Waals surface area contributed by atoms with Crippen LogP contribution in [0.25, 0.3) is 0 Å². The standard InChI is InChI=1S/C14H19N5S/c1-2-12-11-6-8-20-13(11)5-7-18(12)9-14-15-16-17-19(14)10-3-4-10/h6,8,10,12H,2-5,7,9H2,1H3. The van der Waals surface area contributed by atoms with Crippen LogP contribution in [0.4, 0.5) is 0 Å². The first kappa shape index (κ1) is 12.5. The van der Waals surface area contributed by atoms with Gasteiger partial charge in [-0.3, -0.25) is 4.90 Å². The van der Waals surface area contributed by atoms with Gasteiger partial charge in [0.1, 0.15) is 0 Å². The summed E-state index contributed by atoms with van der Waals surface area (Å²) in [5.74, 6) is 1.03. The number of aromatic nitrogens is 4. The van der Waals surface area contributed by atoms with Gasteiger partial charge < -0.3 is 0 Å². The molecule has 20 heavy (non-hydrogen) atoms. The minimum atomic E-state index is 0.523. The highest BCUT2D eigenvalue weighted by Gasteiger charge is 2.31. The molecule has 0 radical (unpaired) electrons. The molecule has 1 fully saturated rings. The van der Waals surface area contributed by atoms with Crippen LogP contribution in [0.1, 0.15) is 54.5 Å². The Morgan fingerprint density at radius 1 is 1.40 bits per heavy atom. The van der Waals surface area contributed by atoms with Gasteiger partial charge >= 0.3 is 0 Å². The Balaban J connectivity index is 1.58. The van der Waals surface area contributed by atoms with Gasteiger partial charge in [0.05, 0.1) is 12.6 Å². The second kappa shape index (κ2) is 4.93. The van der Waals surface area contributed by atoms with Gasteiger partial charge in [-0.05, 0) is 53.1 Å². The monoisotopic (exact) mass is 289 g/mol.